The second kappa shape index (κ2) is 4.99. The SMILES string of the molecule is CCCCCOc1ccc2c(c1)C(=N)N=C2N. The van der Waals surface area contributed by atoms with Gasteiger partial charge in [0.05, 0.1) is 6.61 Å². The van der Waals surface area contributed by atoms with E-state index in [1.807, 2.05) is 18.2 Å². The monoisotopic (exact) mass is 231 g/mol. The molecule has 2 rings (SSSR count). The standard InChI is InChI=1S/C13H17N3O/c1-2-3-4-7-17-9-5-6-10-11(8-9)13(15)16-12(10)14/h5-6,8H,2-4,7H2,1H3,(H3,14,15,16). The predicted molar refractivity (Wildman–Crippen MR) is 69.0 cm³/mol. The van der Waals surface area contributed by atoms with Gasteiger partial charge in [-0.1, -0.05) is 19.8 Å². The van der Waals surface area contributed by atoms with Gasteiger partial charge < -0.3 is 10.5 Å². The Morgan fingerprint density at radius 1 is 1.29 bits per heavy atom. The average molecular weight is 231 g/mol. The van der Waals surface area contributed by atoms with Crippen molar-refractivity contribution in [2.75, 3.05) is 6.61 Å². The van der Waals surface area contributed by atoms with E-state index in [-0.39, 0.29) is 5.84 Å². The van der Waals surface area contributed by atoms with Crippen LogP contribution in [0, 0.1) is 5.41 Å². The normalized spacial score (nSPS) is 13.5. The third-order valence-electron chi connectivity index (χ3n) is 2.77. The highest BCUT2D eigenvalue weighted by Gasteiger charge is 2.18. The van der Waals surface area contributed by atoms with E-state index >= 15 is 0 Å². The van der Waals surface area contributed by atoms with E-state index in [1.54, 1.807) is 0 Å². The highest BCUT2D eigenvalue weighted by molar-refractivity contribution is 6.20. The van der Waals surface area contributed by atoms with Crippen LogP contribution in [0.25, 0.3) is 0 Å². The van der Waals surface area contributed by atoms with Crippen LogP contribution in [0.4, 0.5) is 0 Å². The minimum Gasteiger partial charge on any atom is -0.494 e. The maximum atomic E-state index is 7.68. The van der Waals surface area contributed by atoms with Gasteiger partial charge in [0.15, 0.2) is 5.84 Å². The molecule has 0 radical (unpaired) electrons. The Morgan fingerprint density at radius 2 is 2.12 bits per heavy atom. The second-order valence-electron chi connectivity index (χ2n) is 4.11. The van der Waals surface area contributed by atoms with Crippen LogP contribution in [0.1, 0.15) is 37.3 Å². The average Bonchev–Trinajstić information content (AvgIpc) is 2.61. The third kappa shape index (κ3) is 2.46. The first-order valence-corrected chi connectivity index (χ1v) is 5.92. The summed E-state index contributed by atoms with van der Waals surface area (Å²) in [6.07, 6.45) is 3.42. The maximum Gasteiger partial charge on any atom is 0.155 e. The Morgan fingerprint density at radius 3 is 2.88 bits per heavy atom. The lowest BCUT2D eigenvalue weighted by Gasteiger charge is -2.07. The Bertz CT molecular complexity index is 466. The zero-order valence-corrected chi connectivity index (χ0v) is 9.99. The van der Waals surface area contributed by atoms with Crippen molar-refractivity contribution in [3.63, 3.8) is 0 Å². The van der Waals surface area contributed by atoms with E-state index in [0.29, 0.717) is 5.84 Å². The molecule has 3 N–H and O–H groups in total. The van der Waals surface area contributed by atoms with Crippen LogP contribution in [-0.2, 0) is 0 Å². The first-order valence-electron chi connectivity index (χ1n) is 5.92. The molecule has 0 saturated carbocycles. The van der Waals surface area contributed by atoms with Crippen LogP contribution in [-0.4, -0.2) is 18.3 Å². The van der Waals surface area contributed by atoms with E-state index in [9.17, 15) is 0 Å². The van der Waals surface area contributed by atoms with Gasteiger partial charge in [-0.25, -0.2) is 4.99 Å². The van der Waals surface area contributed by atoms with Crippen molar-refractivity contribution in [3.8, 4) is 5.75 Å². The molecule has 0 bridgehead atoms. The molecule has 0 unspecified atom stereocenters. The quantitative estimate of drug-likeness (QED) is 0.763. The summed E-state index contributed by atoms with van der Waals surface area (Å²) in [4.78, 5) is 3.93. The Labute approximate surface area is 101 Å². The fraction of sp³-hybridized carbons (Fsp3) is 0.385. The zero-order chi connectivity index (χ0) is 12.3. The molecular formula is C13H17N3O. The van der Waals surface area contributed by atoms with Gasteiger partial charge in [0.25, 0.3) is 0 Å². The smallest absolute Gasteiger partial charge is 0.155 e. The summed E-state index contributed by atoms with van der Waals surface area (Å²) in [6, 6.07) is 5.59. The van der Waals surface area contributed by atoms with Gasteiger partial charge in [0.2, 0.25) is 0 Å². The van der Waals surface area contributed by atoms with E-state index in [0.717, 1.165) is 29.9 Å². The molecule has 0 atom stereocenters. The Kier molecular flexibility index (Phi) is 3.42. The number of benzene rings is 1. The van der Waals surface area contributed by atoms with Crippen LogP contribution < -0.4 is 10.5 Å². The van der Waals surface area contributed by atoms with Crippen molar-refractivity contribution in [1.82, 2.24) is 0 Å². The summed E-state index contributed by atoms with van der Waals surface area (Å²) < 4.78 is 5.63. The summed E-state index contributed by atoms with van der Waals surface area (Å²) in [5.41, 5.74) is 7.28. The summed E-state index contributed by atoms with van der Waals surface area (Å²) in [5, 5.41) is 7.68. The van der Waals surface area contributed by atoms with E-state index in [2.05, 4.69) is 11.9 Å². The number of nitrogens with zero attached hydrogens (tertiary/aromatic N) is 1. The van der Waals surface area contributed by atoms with E-state index < -0.39 is 0 Å². The van der Waals surface area contributed by atoms with Crippen molar-refractivity contribution >= 4 is 11.7 Å². The van der Waals surface area contributed by atoms with Crippen molar-refractivity contribution in [3.05, 3.63) is 29.3 Å². The summed E-state index contributed by atoms with van der Waals surface area (Å²) in [7, 11) is 0. The fourth-order valence-electron chi connectivity index (χ4n) is 1.82. The number of hydrogen-bond acceptors (Lipinski definition) is 3. The number of amidine groups is 2. The van der Waals surface area contributed by atoms with Crippen LogP contribution in [0.15, 0.2) is 23.2 Å². The minimum absolute atomic E-state index is 0.219. The Hall–Kier alpha value is -1.84. The molecule has 0 aromatic heterocycles. The molecule has 0 saturated heterocycles. The number of ether oxygens (including phenoxy) is 1. The molecule has 90 valence electrons. The maximum absolute atomic E-state index is 7.68. The fourth-order valence-corrected chi connectivity index (χ4v) is 1.82. The lowest BCUT2D eigenvalue weighted by Crippen LogP contribution is -2.10. The zero-order valence-electron chi connectivity index (χ0n) is 9.99. The predicted octanol–water partition coefficient (Wildman–Crippen LogP) is 2.30. The lowest BCUT2D eigenvalue weighted by atomic mass is 10.1. The molecule has 1 aromatic rings. The van der Waals surface area contributed by atoms with Crippen LogP contribution in [0.5, 0.6) is 5.75 Å². The van der Waals surface area contributed by atoms with Crippen molar-refractivity contribution in [1.29, 1.82) is 5.41 Å². The molecule has 0 aliphatic carbocycles. The molecule has 1 aromatic carbocycles. The minimum atomic E-state index is 0.219. The molecule has 0 spiro atoms. The summed E-state index contributed by atoms with van der Waals surface area (Å²) >= 11 is 0. The Balaban J connectivity index is 2.04. The number of rotatable bonds is 5. The summed E-state index contributed by atoms with van der Waals surface area (Å²) in [5.74, 6) is 1.42. The highest BCUT2D eigenvalue weighted by atomic mass is 16.5. The highest BCUT2D eigenvalue weighted by Crippen LogP contribution is 2.22. The number of unbranched alkanes of at least 4 members (excludes halogenated alkanes) is 2. The van der Waals surface area contributed by atoms with Crippen LogP contribution >= 0.6 is 0 Å². The largest absolute Gasteiger partial charge is 0.494 e. The molecule has 1 heterocycles. The molecule has 0 amide bonds. The number of hydrogen-bond donors (Lipinski definition) is 2. The second-order valence-corrected chi connectivity index (χ2v) is 4.11. The molecule has 4 heteroatoms. The van der Waals surface area contributed by atoms with Crippen LogP contribution in [0.3, 0.4) is 0 Å². The molecule has 1 aliphatic rings. The number of aliphatic imine (C=N–C) groups is 1. The van der Waals surface area contributed by atoms with Crippen LogP contribution in [0.2, 0.25) is 0 Å². The van der Waals surface area contributed by atoms with Gasteiger partial charge in [-0.3, -0.25) is 5.41 Å². The first-order chi connectivity index (χ1) is 8.22. The van der Waals surface area contributed by atoms with Gasteiger partial charge in [-0.15, -0.1) is 0 Å². The summed E-state index contributed by atoms with van der Waals surface area (Å²) in [6.45, 7) is 2.88. The molecule has 4 nitrogen and oxygen atoms in total. The number of fused-ring (bicyclic) bond motifs is 1. The van der Waals surface area contributed by atoms with Gasteiger partial charge in [0.1, 0.15) is 11.6 Å². The van der Waals surface area contributed by atoms with E-state index in [4.69, 9.17) is 15.9 Å². The van der Waals surface area contributed by atoms with E-state index in [1.165, 1.54) is 12.8 Å². The van der Waals surface area contributed by atoms with Crippen molar-refractivity contribution in [2.45, 2.75) is 26.2 Å². The molecule has 0 fully saturated rings. The number of nitrogens with two attached hydrogens (primary N) is 1. The van der Waals surface area contributed by atoms with Gasteiger partial charge in [0, 0.05) is 11.1 Å². The number of nitrogens with one attached hydrogen (secondary N) is 1. The van der Waals surface area contributed by atoms with Gasteiger partial charge in [-0.05, 0) is 24.6 Å². The molecular weight excluding hydrogens is 214 g/mol. The molecule has 17 heavy (non-hydrogen) atoms. The van der Waals surface area contributed by atoms with Gasteiger partial charge >= 0.3 is 0 Å². The van der Waals surface area contributed by atoms with Crippen molar-refractivity contribution < 1.29 is 4.74 Å². The van der Waals surface area contributed by atoms with Gasteiger partial charge in [-0.2, -0.15) is 0 Å². The van der Waals surface area contributed by atoms with Crippen molar-refractivity contribution in [2.24, 2.45) is 10.7 Å². The first kappa shape index (κ1) is 11.6. The third-order valence-corrected chi connectivity index (χ3v) is 2.77. The topological polar surface area (TPSA) is 71.5 Å². The lowest BCUT2D eigenvalue weighted by molar-refractivity contribution is 0.306. The molecule has 1 aliphatic heterocycles.